The molecule has 2 saturated heterocycles. The lowest BCUT2D eigenvalue weighted by atomic mass is 9.91. The van der Waals surface area contributed by atoms with Crippen molar-refractivity contribution in [2.24, 2.45) is 0 Å². The first-order valence-electron chi connectivity index (χ1n) is 10.9. The van der Waals surface area contributed by atoms with Gasteiger partial charge in [0.2, 0.25) is 5.95 Å². The van der Waals surface area contributed by atoms with Crippen molar-refractivity contribution < 1.29 is 4.39 Å². The summed E-state index contributed by atoms with van der Waals surface area (Å²) in [4.78, 5) is 13.9. The van der Waals surface area contributed by atoms with E-state index in [2.05, 4.69) is 25.0 Å². The first kappa shape index (κ1) is 19.2. The van der Waals surface area contributed by atoms with Crippen LogP contribution in [0.1, 0.15) is 42.9 Å². The van der Waals surface area contributed by atoms with Crippen molar-refractivity contribution in [3.63, 3.8) is 0 Å². The molecule has 4 heterocycles. The maximum absolute atomic E-state index is 14.1. The molecule has 1 N–H and O–H groups in total. The second-order valence-electron chi connectivity index (χ2n) is 8.30. The van der Waals surface area contributed by atoms with Gasteiger partial charge < -0.3 is 4.90 Å². The molecule has 2 aliphatic heterocycles. The van der Waals surface area contributed by atoms with Gasteiger partial charge in [-0.3, -0.25) is 10.00 Å². The number of hydrogen-bond acceptors (Lipinski definition) is 5. The van der Waals surface area contributed by atoms with E-state index in [1.807, 2.05) is 30.6 Å². The summed E-state index contributed by atoms with van der Waals surface area (Å²) in [6, 6.07) is 9.03. The van der Waals surface area contributed by atoms with Crippen molar-refractivity contribution >= 4 is 5.95 Å². The molecule has 2 aromatic heterocycles. The fraction of sp³-hybridized carbons (Fsp3) is 0.435. The van der Waals surface area contributed by atoms with E-state index in [0.717, 1.165) is 67.5 Å². The number of aromatic amines is 1. The Balaban J connectivity index is 1.35. The topological polar surface area (TPSA) is 60.9 Å². The van der Waals surface area contributed by atoms with E-state index in [4.69, 9.17) is 4.98 Å². The number of piperidine rings is 1. The van der Waals surface area contributed by atoms with Crippen LogP contribution in [-0.2, 0) is 6.54 Å². The second-order valence-corrected chi connectivity index (χ2v) is 8.30. The zero-order valence-electron chi connectivity index (χ0n) is 17.1. The van der Waals surface area contributed by atoms with Crippen molar-refractivity contribution in [1.82, 2.24) is 25.1 Å². The summed E-state index contributed by atoms with van der Waals surface area (Å²) >= 11 is 0. The number of rotatable bonds is 5. The van der Waals surface area contributed by atoms with Gasteiger partial charge in [-0.2, -0.15) is 5.10 Å². The van der Waals surface area contributed by atoms with Gasteiger partial charge >= 0.3 is 0 Å². The molecular formula is C23H27FN6. The van der Waals surface area contributed by atoms with Gasteiger partial charge in [0.25, 0.3) is 0 Å². The molecule has 30 heavy (non-hydrogen) atoms. The molecule has 156 valence electrons. The monoisotopic (exact) mass is 406 g/mol. The number of hydrogen-bond donors (Lipinski definition) is 1. The third kappa shape index (κ3) is 3.94. The molecule has 2 aliphatic rings. The average molecular weight is 407 g/mol. The molecule has 0 bridgehead atoms. The lowest BCUT2D eigenvalue weighted by Gasteiger charge is -2.32. The minimum Gasteiger partial charge on any atom is -0.341 e. The standard InChI is InChI=1S/C23H27FN6/c24-20-8-2-1-6-17(20)15-29-11-5-7-18(16-29)22-19(14-26-28-22)21-9-10-25-23(27-21)30-12-3-4-13-30/h1-2,6,8-10,14,18H,3-5,7,11-13,15-16H2,(H,26,28). The van der Waals surface area contributed by atoms with E-state index in [1.165, 1.54) is 18.9 Å². The van der Waals surface area contributed by atoms with Crippen LogP contribution in [-0.4, -0.2) is 51.2 Å². The summed E-state index contributed by atoms with van der Waals surface area (Å²) < 4.78 is 14.1. The number of aromatic nitrogens is 4. The van der Waals surface area contributed by atoms with Crippen LogP contribution in [0, 0.1) is 5.82 Å². The minimum absolute atomic E-state index is 0.128. The van der Waals surface area contributed by atoms with Crippen molar-refractivity contribution in [2.75, 3.05) is 31.1 Å². The summed E-state index contributed by atoms with van der Waals surface area (Å²) in [6.45, 7) is 4.55. The number of likely N-dealkylation sites (tertiary alicyclic amines) is 1. The molecule has 7 heteroatoms. The highest BCUT2D eigenvalue weighted by atomic mass is 19.1. The Morgan fingerprint density at radius 3 is 2.80 bits per heavy atom. The highest BCUT2D eigenvalue weighted by Crippen LogP contribution is 2.33. The Kier molecular flexibility index (Phi) is 5.45. The van der Waals surface area contributed by atoms with Crippen molar-refractivity contribution in [3.8, 4) is 11.3 Å². The third-order valence-corrected chi connectivity index (χ3v) is 6.24. The SMILES string of the molecule is Fc1ccccc1CN1CCCC(c2[nH]ncc2-c2ccnc(N3CCCC3)n2)C1. The van der Waals surface area contributed by atoms with E-state index < -0.39 is 0 Å². The molecule has 6 nitrogen and oxygen atoms in total. The quantitative estimate of drug-likeness (QED) is 0.694. The van der Waals surface area contributed by atoms with Crippen LogP contribution >= 0.6 is 0 Å². The van der Waals surface area contributed by atoms with Gasteiger partial charge in [0, 0.05) is 55.1 Å². The van der Waals surface area contributed by atoms with E-state index in [1.54, 1.807) is 6.07 Å². The summed E-state index contributed by atoms with van der Waals surface area (Å²) in [5.74, 6) is 1.01. The van der Waals surface area contributed by atoms with Crippen LogP contribution in [0.4, 0.5) is 10.3 Å². The number of halogens is 1. The highest BCUT2D eigenvalue weighted by molar-refractivity contribution is 5.63. The van der Waals surface area contributed by atoms with Crippen LogP contribution < -0.4 is 4.90 Å². The van der Waals surface area contributed by atoms with Crippen LogP contribution in [0.2, 0.25) is 0 Å². The molecule has 0 radical (unpaired) electrons. The summed E-state index contributed by atoms with van der Waals surface area (Å²) in [7, 11) is 0. The van der Waals surface area contributed by atoms with Gasteiger partial charge in [-0.05, 0) is 44.4 Å². The highest BCUT2D eigenvalue weighted by Gasteiger charge is 2.26. The average Bonchev–Trinajstić information content (AvgIpc) is 3.48. The number of benzene rings is 1. The van der Waals surface area contributed by atoms with Crippen LogP contribution in [0.25, 0.3) is 11.3 Å². The molecule has 0 saturated carbocycles. The lowest BCUT2D eigenvalue weighted by molar-refractivity contribution is 0.196. The number of nitrogens with zero attached hydrogens (tertiary/aromatic N) is 5. The molecule has 1 aromatic carbocycles. The summed E-state index contributed by atoms with van der Waals surface area (Å²) in [6.07, 6.45) is 8.29. The third-order valence-electron chi connectivity index (χ3n) is 6.24. The van der Waals surface area contributed by atoms with E-state index in [-0.39, 0.29) is 5.82 Å². The summed E-state index contributed by atoms with van der Waals surface area (Å²) in [5.41, 5.74) is 3.85. The molecule has 2 fully saturated rings. The fourth-order valence-electron chi connectivity index (χ4n) is 4.68. The van der Waals surface area contributed by atoms with Gasteiger partial charge in [-0.25, -0.2) is 14.4 Å². The van der Waals surface area contributed by atoms with Crippen LogP contribution in [0.3, 0.4) is 0 Å². The zero-order chi connectivity index (χ0) is 20.3. The Morgan fingerprint density at radius 2 is 1.93 bits per heavy atom. The maximum Gasteiger partial charge on any atom is 0.225 e. The zero-order valence-corrected chi connectivity index (χ0v) is 17.1. The Labute approximate surface area is 176 Å². The van der Waals surface area contributed by atoms with Gasteiger partial charge in [-0.1, -0.05) is 18.2 Å². The smallest absolute Gasteiger partial charge is 0.225 e. The second kappa shape index (κ2) is 8.52. The minimum atomic E-state index is -0.128. The predicted molar refractivity (Wildman–Crippen MR) is 115 cm³/mol. The molecule has 0 amide bonds. The summed E-state index contributed by atoms with van der Waals surface area (Å²) in [5, 5.41) is 7.58. The molecule has 0 spiro atoms. The number of nitrogens with one attached hydrogen (secondary N) is 1. The normalized spacial score (nSPS) is 20.0. The lowest BCUT2D eigenvalue weighted by Crippen LogP contribution is -2.34. The van der Waals surface area contributed by atoms with Crippen LogP contribution in [0.15, 0.2) is 42.7 Å². The molecule has 1 atom stereocenters. The molecule has 0 aliphatic carbocycles. The number of anilines is 1. The molecule has 1 unspecified atom stereocenters. The van der Waals surface area contributed by atoms with E-state index in [0.29, 0.717) is 12.5 Å². The van der Waals surface area contributed by atoms with Gasteiger partial charge in [-0.15, -0.1) is 0 Å². The molecular weight excluding hydrogens is 379 g/mol. The van der Waals surface area contributed by atoms with Crippen molar-refractivity contribution in [3.05, 3.63) is 59.8 Å². The maximum atomic E-state index is 14.1. The van der Waals surface area contributed by atoms with Crippen LogP contribution in [0.5, 0.6) is 0 Å². The van der Waals surface area contributed by atoms with Gasteiger partial charge in [0.05, 0.1) is 11.9 Å². The first-order chi connectivity index (χ1) is 14.8. The Morgan fingerprint density at radius 1 is 1.07 bits per heavy atom. The van der Waals surface area contributed by atoms with E-state index in [9.17, 15) is 4.39 Å². The largest absolute Gasteiger partial charge is 0.341 e. The molecule has 3 aromatic rings. The van der Waals surface area contributed by atoms with Crippen molar-refractivity contribution in [2.45, 2.75) is 38.1 Å². The number of H-pyrrole nitrogens is 1. The first-order valence-corrected chi connectivity index (χ1v) is 10.9. The van der Waals surface area contributed by atoms with E-state index >= 15 is 0 Å². The van der Waals surface area contributed by atoms with Gasteiger partial charge in [0.1, 0.15) is 5.82 Å². The van der Waals surface area contributed by atoms with Crippen molar-refractivity contribution in [1.29, 1.82) is 0 Å². The fourth-order valence-corrected chi connectivity index (χ4v) is 4.68. The predicted octanol–water partition coefficient (Wildman–Crippen LogP) is 3.99. The Hall–Kier alpha value is -2.80. The van der Waals surface area contributed by atoms with Gasteiger partial charge in [0.15, 0.2) is 0 Å². The Bertz CT molecular complexity index is 997. The molecule has 5 rings (SSSR count).